The second-order valence-electron chi connectivity index (χ2n) is 7.14. The Kier molecular flexibility index (Phi) is 4.52. The Morgan fingerprint density at radius 1 is 1.06 bits per heavy atom. The van der Waals surface area contributed by atoms with E-state index in [0.717, 1.165) is 24.3 Å². The van der Waals surface area contributed by atoms with Crippen molar-refractivity contribution in [2.24, 2.45) is 28.9 Å². The van der Waals surface area contributed by atoms with Crippen LogP contribution < -0.4 is 5.73 Å². The quantitative estimate of drug-likeness (QED) is 0.772. The summed E-state index contributed by atoms with van der Waals surface area (Å²) >= 11 is 0. The number of nitrogens with two attached hydrogens (primary N) is 1. The largest absolute Gasteiger partial charge is 0.330 e. The van der Waals surface area contributed by atoms with Crippen LogP contribution in [0.25, 0.3) is 0 Å². The number of hydrogen-bond donors (Lipinski definition) is 1. The minimum absolute atomic E-state index is 0.528. The predicted molar refractivity (Wildman–Crippen MR) is 74.9 cm³/mol. The molecule has 17 heavy (non-hydrogen) atoms. The van der Waals surface area contributed by atoms with Crippen molar-refractivity contribution < 1.29 is 0 Å². The van der Waals surface area contributed by atoms with Gasteiger partial charge in [0.05, 0.1) is 0 Å². The average molecular weight is 237 g/mol. The molecule has 2 fully saturated rings. The second-order valence-corrected chi connectivity index (χ2v) is 7.14. The maximum Gasteiger partial charge on any atom is -0.00204 e. The van der Waals surface area contributed by atoms with Gasteiger partial charge in [0.2, 0.25) is 0 Å². The van der Waals surface area contributed by atoms with Crippen molar-refractivity contribution in [1.82, 2.24) is 0 Å². The highest BCUT2D eigenvalue weighted by Crippen LogP contribution is 2.47. The van der Waals surface area contributed by atoms with Gasteiger partial charge in [-0.25, -0.2) is 0 Å². The molecule has 0 saturated heterocycles. The minimum atomic E-state index is 0.528. The van der Waals surface area contributed by atoms with Gasteiger partial charge in [0.25, 0.3) is 0 Å². The standard InChI is InChI=1S/C16H31N/c1-13(2)15-7-9-16(12-17,10-8-15)11-14-5-3-4-6-14/h13-15H,3-12,17H2,1-2H3. The molecule has 2 rings (SSSR count). The Labute approximate surface area is 108 Å². The fourth-order valence-electron chi connectivity index (χ4n) is 4.24. The molecule has 1 heteroatoms. The third-order valence-corrected chi connectivity index (χ3v) is 5.66. The van der Waals surface area contributed by atoms with Gasteiger partial charge in [-0.2, -0.15) is 0 Å². The van der Waals surface area contributed by atoms with E-state index in [4.69, 9.17) is 5.73 Å². The van der Waals surface area contributed by atoms with Gasteiger partial charge in [0.1, 0.15) is 0 Å². The van der Waals surface area contributed by atoms with Crippen LogP contribution >= 0.6 is 0 Å². The Balaban J connectivity index is 1.88. The first-order valence-corrected chi connectivity index (χ1v) is 7.85. The van der Waals surface area contributed by atoms with Crippen molar-refractivity contribution in [3.8, 4) is 0 Å². The zero-order valence-electron chi connectivity index (χ0n) is 11.9. The summed E-state index contributed by atoms with van der Waals surface area (Å²) in [7, 11) is 0. The molecule has 100 valence electrons. The van der Waals surface area contributed by atoms with Crippen molar-refractivity contribution >= 4 is 0 Å². The summed E-state index contributed by atoms with van der Waals surface area (Å²) in [5.41, 5.74) is 6.67. The van der Waals surface area contributed by atoms with E-state index < -0.39 is 0 Å². The van der Waals surface area contributed by atoms with Crippen molar-refractivity contribution in [3.63, 3.8) is 0 Å². The van der Waals surface area contributed by atoms with Crippen LogP contribution in [0, 0.1) is 23.2 Å². The van der Waals surface area contributed by atoms with Crippen LogP contribution in [0.4, 0.5) is 0 Å². The Hall–Kier alpha value is -0.0400. The molecule has 0 aromatic carbocycles. The van der Waals surface area contributed by atoms with Crippen molar-refractivity contribution in [2.45, 2.75) is 71.6 Å². The highest BCUT2D eigenvalue weighted by atomic mass is 14.6. The lowest BCUT2D eigenvalue weighted by molar-refractivity contribution is 0.104. The summed E-state index contributed by atoms with van der Waals surface area (Å²) in [4.78, 5) is 0. The number of rotatable bonds is 4. The Morgan fingerprint density at radius 3 is 2.12 bits per heavy atom. The molecule has 0 aromatic rings. The van der Waals surface area contributed by atoms with Gasteiger partial charge in [0, 0.05) is 0 Å². The third-order valence-electron chi connectivity index (χ3n) is 5.66. The van der Waals surface area contributed by atoms with Crippen molar-refractivity contribution in [1.29, 1.82) is 0 Å². The van der Waals surface area contributed by atoms with E-state index in [0.29, 0.717) is 5.41 Å². The maximum absolute atomic E-state index is 6.14. The van der Waals surface area contributed by atoms with Gasteiger partial charge in [-0.05, 0) is 61.8 Å². The third kappa shape index (κ3) is 3.24. The minimum Gasteiger partial charge on any atom is -0.330 e. The molecule has 0 aromatic heterocycles. The zero-order valence-corrected chi connectivity index (χ0v) is 11.9. The predicted octanol–water partition coefficient (Wildman–Crippen LogP) is 4.36. The first-order valence-electron chi connectivity index (χ1n) is 7.85. The summed E-state index contributed by atoms with van der Waals surface area (Å²) in [5.74, 6) is 2.85. The summed E-state index contributed by atoms with van der Waals surface area (Å²) in [6, 6.07) is 0. The van der Waals surface area contributed by atoms with Crippen LogP contribution in [0.15, 0.2) is 0 Å². The maximum atomic E-state index is 6.14. The average Bonchev–Trinajstić information content (AvgIpc) is 2.82. The van der Waals surface area contributed by atoms with Crippen LogP contribution in [-0.4, -0.2) is 6.54 Å². The van der Waals surface area contributed by atoms with Crippen LogP contribution in [0.1, 0.15) is 71.6 Å². The molecule has 2 aliphatic carbocycles. The van der Waals surface area contributed by atoms with E-state index in [-0.39, 0.29) is 0 Å². The lowest BCUT2D eigenvalue weighted by Crippen LogP contribution is -2.37. The lowest BCUT2D eigenvalue weighted by Gasteiger charge is -2.42. The van der Waals surface area contributed by atoms with Crippen LogP contribution in [-0.2, 0) is 0 Å². The molecule has 0 radical (unpaired) electrons. The summed E-state index contributed by atoms with van der Waals surface area (Å²) in [5, 5.41) is 0. The summed E-state index contributed by atoms with van der Waals surface area (Å²) < 4.78 is 0. The molecular weight excluding hydrogens is 206 g/mol. The van der Waals surface area contributed by atoms with Gasteiger partial charge >= 0.3 is 0 Å². The molecule has 0 heterocycles. The molecule has 0 amide bonds. The molecule has 0 unspecified atom stereocenters. The highest BCUT2D eigenvalue weighted by molar-refractivity contribution is 4.89. The van der Waals surface area contributed by atoms with E-state index in [1.54, 1.807) is 0 Å². The van der Waals surface area contributed by atoms with E-state index in [9.17, 15) is 0 Å². The second kappa shape index (κ2) is 5.73. The van der Waals surface area contributed by atoms with E-state index in [1.807, 2.05) is 0 Å². The summed E-state index contributed by atoms with van der Waals surface area (Å²) in [6.07, 6.45) is 13.0. The van der Waals surface area contributed by atoms with Gasteiger partial charge in [-0.1, -0.05) is 39.5 Å². The first kappa shape index (κ1) is 13.4. The van der Waals surface area contributed by atoms with Gasteiger partial charge in [-0.3, -0.25) is 0 Å². The van der Waals surface area contributed by atoms with Crippen LogP contribution in [0.3, 0.4) is 0 Å². The topological polar surface area (TPSA) is 26.0 Å². The molecule has 0 spiro atoms. The normalized spacial score (nSPS) is 35.6. The number of hydrogen-bond acceptors (Lipinski definition) is 1. The SMILES string of the molecule is CC(C)C1CCC(CN)(CC2CCCC2)CC1. The highest BCUT2D eigenvalue weighted by Gasteiger charge is 2.37. The summed E-state index contributed by atoms with van der Waals surface area (Å²) in [6.45, 7) is 5.71. The van der Waals surface area contributed by atoms with Crippen molar-refractivity contribution in [2.75, 3.05) is 6.54 Å². The zero-order chi connectivity index (χ0) is 12.3. The fourth-order valence-corrected chi connectivity index (χ4v) is 4.24. The fraction of sp³-hybridized carbons (Fsp3) is 1.00. The molecule has 2 aliphatic rings. The molecular formula is C16H31N. The molecule has 0 atom stereocenters. The molecule has 2 saturated carbocycles. The lowest BCUT2D eigenvalue weighted by atomic mass is 9.64. The molecule has 0 bridgehead atoms. The first-order chi connectivity index (χ1) is 8.15. The van der Waals surface area contributed by atoms with Crippen LogP contribution in [0.5, 0.6) is 0 Å². The molecule has 1 nitrogen and oxygen atoms in total. The van der Waals surface area contributed by atoms with Gasteiger partial charge in [-0.15, -0.1) is 0 Å². The smallest absolute Gasteiger partial charge is 0.00204 e. The van der Waals surface area contributed by atoms with E-state index in [1.165, 1.54) is 57.8 Å². The van der Waals surface area contributed by atoms with Gasteiger partial charge in [0.15, 0.2) is 0 Å². The Bertz CT molecular complexity index is 220. The molecule has 2 N–H and O–H groups in total. The Morgan fingerprint density at radius 2 is 1.65 bits per heavy atom. The van der Waals surface area contributed by atoms with Gasteiger partial charge < -0.3 is 5.73 Å². The molecule has 0 aliphatic heterocycles. The monoisotopic (exact) mass is 237 g/mol. The van der Waals surface area contributed by atoms with E-state index in [2.05, 4.69) is 13.8 Å². The van der Waals surface area contributed by atoms with Crippen LogP contribution in [0.2, 0.25) is 0 Å². The van der Waals surface area contributed by atoms with E-state index >= 15 is 0 Å². The van der Waals surface area contributed by atoms with Crippen molar-refractivity contribution in [3.05, 3.63) is 0 Å².